The Kier molecular flexibility index (Phi) is 4.63. The Hall–Kier alpha value is -1.74. The van der Waals surface area contributed by atoms with Crippen molar-refractivity contribution in [1.82, 2.24) is 0 Å². The van der Waals surface area contributed by atoms with Gasteiger partial charge in [-0.25, -0.2) is 0 Å². The van der Waals surface area contributed by atoms with Gasteiger partial charge in [0.2, 0.25) is 0 Å². The molecule has 19 heavy (non-hydrogen) atoms. The van der Waals surface area contributed by atoms with Crippen molar-refractivity contribution < 1.29 is 9.59 Å². The van der Waals surface area contributed by atoms with Crippen LogP contribution in [0.3, 0.4) is 0 Å². The van der Waals surface area contributed by atoms with Crippen molar-refractivity contribution >= 4 is 27.5 Å². The molecule has 2 aromatic carbocycles. The van der Waals surface area contributed by atoms with E-state index in [2.05, 4.69) is 15.9 Å². The Morgan fingerprint density at radius 3 is 2.21 bits per heavy atom. The first-order valence-corrected chi connectivity index (χ1v) is 6.79. The smallest absolute Gasteiger partial charge is 0.170 e. The molecule has 0 aliphatic carbocycles. The SMILES string of the molecule is O=C(CC(=O)c1ccccc1)Cc1ccccc1Br. The van der Waals surface area contributed by atoms with Gasteiger partial charge in [0.1, 0.15) is 5.78 Å². The first-order valence-electron chi connectivity index (χ1n) is 6.00. The predicted octanol–water partition coefficient (Wildman–Crippen LogP) is 3.83. The van der Waals surface area contributed by atoms with Crippen LogP contribution in [0.4, 0.5) is 0 Å². The second-order valence-electron chi connectivity index (χ2n) is 4.27. The van der Waals surface area contributed by atoms with Crippen LogP contribution in [0, 0.1) is 0 Å². The van der Waals surface area contributed by atoms with E-state index in [1.165, 1.54) is 0 Å². The lowest BCUT2D eigenvalue weighted by Crippen LogP contribution is -2.10. The van der Waals surface area contributed by atoms with Crippen LogP contribution in [0.2, 0.25) is 0 Å². The molecule has 0 aliphatic heterocycles. The van der Waals surface area contributed by atoms with Gasteiger partial charge in [0.25, 0.3) is 0 Å². The van der Waals surface area contributed by atoms with Gasteiger partial charge >= 0.3 is 0 Å². The van der Waals surface area contributed by atoms with E-state index in [1.54, 1.807) is 24.3 Å². The van der Waals surface area contributed by atoms with Gasteiger partial charge in [-0.15, -0.1) is 0 Å². The van der Waals surface area contributed by atoms with Crippen LogP contribution >= 0.6 is 15.9 Å². The number of carbonyl (C=O) groups is 2. The molecule has 0 amide bonds. The van der Waals surface area contributed by atoms with Crippen LogP contribution in [-0.4, -0.2) is 11.6 Å². The van der Waals surface area contributed by atoms with Gasteiger partial charge in [0.05, 0.1) is 6.42 Å². The highest BCUT2D eigenvalue weighted by Crippen LogP contribution is 2.17. The van der Waals surface area contributed by atoms with Gasteiger partial charge in [-0.2, -0.15) is 0 Å². The molecule has 2 aromatic rings. The first-order chi connectivity index (χ1) is 9.16. The van der Waals surface area contributed by atoms with Gasteiger partial charge in [0.15, 0.2) is 5.78 Å². The van der Waals surface area contributed by atoms with Crippen molar-refractivity contribution in [3.05, 3.63) is 70.2 Å². The normalized spacial score (nSPS) is 10.2. The number of ketones is 2. The monoisotopic (exact) mass is 316 g/mol. The summed E-state index contributed by atoms with van der Waals surface area (Å²) in [6.07, 6.45) is 0.228. The van der Waals surface area contributed by atoms with E-state index in [1.807, 2.05) is 30.3 Å². The lowest BCUT2D eigenvalue weighted by molar-refractivity contribution is -0.117. The van der Waals surface area contributed by atoms with E-state index < -0.39 is 0 Å². The Bertz CT molecular complexity index is 591. The highest BCUT2D eigenvalue weighted by molar-refractivity contribution is 9.10. The third kappa shape index (κ3) is 3.86. The van der Waals surface area contributed by atoms with E-state index in [4.69, 9.17) is 0 Å². The third-order valence-corrected chi connectivity index (χ3v) is 3.57. The molecular formula is C16H13BrO2. The maximum Gasteiger partial charge on any atom is 0.170 e. The van der Waals surface area contributed by atoms with Gasteiger partial charge in [-0.1, -0.05) is 64.5 Å². The molecule has 0 saturated carbocycles. The average Bonchev–Trinajstić information content (AvgIpc) is 2.42. The molecule has 2 rings (SSSR count). The van der Waals surface area contributed by atoms with Crippen molar-refractivity contribution in [3.63, 3.8) is 0 Å². The fraction of sp³-hybridized carbons (Fsp3) is 0.125. The summed E-state index contributed by atoms with van der Waals surface area (Å²) in [6.45, 7) is 0. The summed E-state index contributed by atoms with van der Waals surface area (Å²) in [7, 11) is 0. The lowest BCUT2D eigenvalue weighted by atomic mass is 10.0. The molecule has 0 unspecified atom stereocenters. The van der Waals surface area contributed by atoms with E-state index in [0.717, 1.165) is 10.0 Å². The number of hydrogen-bond donors (Lipinski definition) is 0. The molecule has 0 spiro atoms. The summed E-state index contributed by atoms with van der Waals surface area (Å²) in [5.41, 5.74) is 1.50. The summed E-state index contributed by atoms with van der Waals surface area (Å²) in [5, 5.41) is 0. The first kappa shape index (κ1) is 13.7. The Morgan fingerprint density at radius 1 is 0.895 bits per heavy atom. The van der Waals surface area contributed by atoms with Crippen molar-refractivity contribution in [2.75, 3.05) is 0 Å². The third-order valence-electron chi connectivity index (χ3n) is 2.80. The highest BCUT2D eigenvalue weighted by Gasteiger charge is 2.13. The van der Waals surface area contributed by atoms with E-state index in [0.29, 0.717) is 5.56 Å². The minimum absolute atomic E-state index is 0.0503. The molecule has 2 nitrogen and oxygen atoms in total. The van der Waals surface area contributed by atoms with Crippen LogP contribution in [0.15, 0.2) is 59.1 Å². The van der Waals surface area contributed by atoms with E-state index in [-0.39, 0.29) is 24.4 Å². The van der Waals surface area contributed by atoms with Crippen molar-refractivity contribution in [3.8, 4) is 0 Å². The summed E-state index contributed by atoms with van der Waals surface area (Å²) in [6, 6.07) is 16.5. The second kappa shape index (κ2) is 6.43. The predicted molar refractivity (Wildman–Crippen MR) is 78.2 cm³/mol. The zero-order chi connectivity index (χ0) is 13.7. The summed E-state index contributed by atoms with van der Waals surface area (Å²) in [5.74, 6) is -0.196. The molecule has 96 valence electrons. The van der Waals surface area contributed by atoms with Crippen LogP contribution in [0.1, 0.15) is 22.3 Å². The molecule has 0 saturated heterocycles. The summed E-state index contributed by atoms with van der Waals surface area (Å²) in [4.78, 5) is 23.8. The molecule has 3 heteroatoms. The van der Waals surface area contributed by atoms with Crippen LogP contribution in [0.25, 0.3) is 0 Å². The average molecular weight is 317 g/mol. The quantitative estimate of drug-likeness (QED) is 0.620. The number of benzene rings is 2. The molecule has 0 atom stereocenters. The summed E-state index contributed by atoms with van der Waals surface area (Å²) >= 11 is 3.40. The van der Waals surface area contributed by atoms with E-state index >= 15 is 0 Å². The maximum absolute atomic E-state index is 11.9. The topological polar surface area (TPSA) is 34.1 Å². The number of hydrogen-bond acceptors (Lipinski definition) is 2. The molecule has 0 radical (unpaired) electrons. The Morgan fingerprint density at radius 2 is 1.53 bits per heavy atom. The second-order valence-corrected chi connectivity index (χ2v) is 5.13. The zero-order valence-electron chi connectivity index (χ0n) is 10.3. The van der Waals surface area contributed by atoms with Crippen molar-refractivity contribution in [2.24, 2.45) is 0 Å². The van der Waals surface area contributed by atoms with Gasteiger partial charge in [-0.05, 0) is 11.6 Å². The number of carbonyl (C=O) groups excluding carboxylic acids is 2. The van der Waals surface area contributed by atoms with Crippen LogP contribution in [0.5, 0.6) is 0 Å². The molecule has 0 aliphatic rings. The van der Waals surface area contributed by atoms with Crippen LogP contribution < -0.4 is 0 Å². The molecule has 0 fully saturated rings. The molecular weight excluding hydrogens is 304 g/mol. The summed E-state index contributed by atoms with van der Waals surface area (Å²) < 4.78 is 0.899. The largest absolute Gasteiger partial charge is 0.299 e. The fourth-order valence-electron chi connectivity index (χ4n) is 1.82. The number of rotatable bonds is 5. The molecule has 0 aromatic heterocycles. The molecule has 0 bridgehead atoms. The molecule has 0 heterocycles. The number of halogens is 1. The maximum atomic E-state index is 11.9. The Labute approximate surface area is 120 Å². The highest BCUT2D eigenvalue weighted by atomic mass is 79.9. The minimum atomic E-state index is -0.127. The van der Waals surface area contributed by atoms with Crippen molar-refractivity contribution in [1.29, 1.82) is 0 Å². The van der Waals surface area contributed by atoms with E-state index in [9.17, 15) is 9.59 Å². The van der Waals surface area contributed by atoms with Gasteiger partial charge < -0.3 is 0 Å². The minimum Gasteiger partial charge on any atom is -0.299 e. The zero-order valence-corrected chi connectivity index (χ0v) is 11.9. The fourth-order valence-corrected chi connectivity index (χ4v) is 2.25. The Balaban J connectivity index is 1.99. The lowest BCUT2D eigenvalue weighted by Gasteiger charge is -2.03. The molecule has 0 N–H and O–H groups in total. The van der Waals surface area contributed by atoms with Crippen molar-refractivity contribution in [2.45, 2.75) is 12.8 Å². The standard InChI is InChI=1S/C16H13BrO2/c17-15-9-5-4-8-13(15)10-14(18)11-16(19)12-6-2-1-3-7-12/h1-9H,10-11H2. The van der Waals surface area contributed by atoms with Crippen LogP contribution in [-0.2, 0) is 11.2 Å². The van der Waals surface area contributed by atoms with Gasteiger partial charge in [0, 0.05) is 16.5 Å². The van der Waals surface area contributed by atoms with Gasteiger partial charge in [-0.3, -0.25) is 9.59 Å². The number of Topliss-reactive ketones (excluding diaryl/α,β-unsaturated/α-hetero) is 2.